The molecule has 0 saturated heterocycles. The Hall–Kier alpha value is -2.09. The number of ether oxygens (including phenoxy) is 1. The molecule has 8 heteroatoms. The molecule has 24 heavy (non-hydrogen) atoms. The van der Waals surface area contributed by atoms with Gasteiger partial charge in [-0.2, -0.15) is 4.99 Å². The van der Waals surface area contributed by atoms with Crippen LogP contribution in [0.3, 0.4) is 0 Å². The highest BCUT2D eigenvalue weighted by atomic mass is 32.1. The largest absolute Gasteiger partial charge is 0.465 e. The Labute approximate surface area is 140 Å². The van der Waals surface area contributed by atoms with Crippen molar-refractivity contribution in [3.05, 3.63) is 28.6 Å². The van der Waals surface area contributed by atoms with Gasteiger partial charge >= 0.3 is 5.97 Å². The van der Waals surface area contributed by atoms with Crippen LogP contribution in [0.15, 0.2) is 17.1 Å². The molecule has 1 fully saturated rings. The van der Waals surface area contributed by atoms with Gasteiger partial charge in [-0.15, -0.1) is 0 Å². The zero-order valence-electron chi connectivity index (χ0n) is 13.1. The predicted octanol–water partition coefficient (Wildman–Crippen LogP) is 2.77. The molecule has 0 atom stereocenters. The lowest BCUT2D eigenvalue weighted by atomic mass is 9.85. The Morgan fingerprint density at radius 2 is 2.12 bits per heavy atom. The molecule has 0 spiro atoms. The summed E-state index contributed by atoms with van der Waals surface area (Å²) in [5.41, 5.74) is 0.0506. The first-order valence-corrected chi connectivity index (χ1v) is 8.53. The minimum atomic E-state index is -0.803. The number of aromatic nitrogens is 1. The Balaban J connectivity index is 2.12. The second kappa shape index (κ2) is 6.80. The van der Waals surface area contributed by atoms with Gasteiger partial charge in [-0.3, -0.25) is 9.59 Å². The molecule has 1 aliphatic carbocycles. The Kier molecular flexibility index (Phi) is 4.75. The summed E-state index contributed by atoms with van der Waals surface area (Å²) in [5.74, 6) is -2.50. The second-order valence-electron chi connectivity index (χ2n) is 5.59. The summed E-state index contributed by atoms with van der Waals surface area (Å²) in [6.07, 6.45) is 2.56. The Morgan fingerprint density at radius 3 is 2.75 bits per heavy atom. The van der Waals surface area contributed by atoms with Gasteiger partial charge in [0.05, 0.1) is 16.8 Å². The van der Waals surface area contributed by atoms with E-state index < -0.39 is 17.6 Å². The molecule has 1 aromatic carbocycles. The highest BCUT2D eigenvalue weighted by Gasteiger charge is 2.25. The molecule has 1 aliphatic rings. The maximum absolute atomic E-state index is 14.2. The molecule has 5 nitrogen and oxygen atoms in total. The number of amides is 1. The van der Waals surface area contributed by atoms with Gasteiger partial charge in [0, 0.05) is 12.0 Å². The molecule has 128 valence electrons. The van der Waals surface area contributed by atoms with Gasteiger partial charge < -0.3 is 9.30 Å². The first-order valence-electron chi connectivity index (χ1n) is 7.72. The van der Waals surface area contributed by atoms with Crippen molar-refractivity contribution in [3.63, 3.8) is 0 Å². The lowest BCUT2D eigenvalue weighted by molar-refractivity contribution is -0.143. The van der Waals surface area contributed by atoms with E-state index >= 15 is 0 Å². The Morgan fingerprint density at radius 1 is 1.38 bits per heavy atom. The standard InChI is InChI=1S/C16H16F2N2O3S/c1-2-23-13(21)8-20-14-11(18)6-10(17)7-12(14)24-16(20)19-15(22)9-4-3-5-9/h6-7,9H,2-5,8H2,1H3. The van der Waals surface area contributed by atoms with E-state index in [9.17, 15) is 18.4 Å². The third kappa shape index (κ3) is 3.24. The van der Waals surface area contributed by atoms with Crippen LogP contribution in [0.1, 0.15) is 26.2 Å². The lowest BCUT2D eigenvalue weighted by Gasteiger charge is -2.20. The van der Waals surface area contributed by atoms with Gasteiger partial charge in [0.1, 0.15) is 12.4 Å². The maximum Gasteiger partial charge on any atom is 0.326 e. The third-order valence-corrected chi connectivity index (χ3v) is 4.97. The number of rotatable bonds is 4. The number of benzene rings is 1. The normalized spacial score (nSPS) is 15.5. The minimum Gasteiger partial charge on any atom is -0.465 e. The molecular formula is C16H16F2N2O3S. The van der Waals surface area contributed by atoms with Crippen LogP contribution in [0.2, 0.25) is 0 Å². The highest BCUT2D eigenvalue weighted by molar-refractivity contribution is 7.16. The van der Waals surface area contributed by atoms with E-state index in [1.165, 1.54) is 4.57 Å². The first kappa shape index (κ1) is 16.8. The predicted molar refractivity (Wildman–Crippen MR) is 84.3 cm³/mol. The third-order valence-electron chi connectivity index (χ3n) is 3.95. The molecule has 0 radical (unpaired) electrons. The van der Waals surface area contributed by atoms with Gasteiger partial charge in [-0.1, -0.05) is 17.8 Å². The number of thiazole rings is 1. The highest BCUT2D eigenvalue weighted by Crippen LogP contribution is 2.28. The zero-order valence-corrected chi connectivity index (χ0v) is 13.9. The number of carbonyl (C=O) groups is 2. The smallest absolute Gasteiger partial charge is 0.326 e. The number of esters is 1. The van der Waals surface area contributed by atoms with Crippen LogP contribution in [-0.4, -0.2) is 23.1 Å². The number of nitrogens with zero attached hydrogens (tertiary/aromatic N) is 2. The fourth-order valence-corrected chi connectivity index (χ4v) is 3.61. The minimum absolute atomic E-state index is 0.0506. The van der Waals surface area contributed by atoms with Crippen molar-refractivity contribution in [1.82, 2.24) is 4.57 Å². The topological polar surface area (TPSA) is 60.7 Å². The summed E-state index contributed by atoms with van der Waals surface area (Å²) in [6, 6.07) is 1.91. The van der Waals surface area contributed by atoms with Crippen molar-refractivity contribution < 1.29 is 23.1 Å². The van der Waals surface area contributed by atoms with Gasteiger partial charge in [0.2, 0.25) is 0 Å². The molecule has 0 unspecified atom stereocenters. The van der Waals surface area contributed by atoms with E-state index in [1.807, 2.05) is 0 Å². The van der Waals surface area contributed by atoms with Crippen molar-refractivity contribution in [3.8, 4) is 0 Å². The van der Waals surface area contributed by atoms with Gasteiger partial charge in [-0.25, -0.2) is 8.78 Å². The van der Waals surface area contributed by atoms with E-state index in [0.717, 1.165) is 42.7 Å². The van der Waals surface area contributed by atoms with Crippen LogP contribution < -0.4 is 4.80 Å². The van der Waals surface area contributed by atoms with Crippen molar-refractivity contribution in [2.75, 3.05) is 6.61 Å². The molecule has 2 aromatic rings. The van der Waals surface area contributed by atoms with Crippen LogP contribution in [0, 0.1) is 17.6 Å². The average molecular weight is 354 g/mol. The van der Waals surface area contributed by atoms with Crippen molar-refractivity contribution in [2.45, 2.75) is 32.7 Å². The van der Waals surface area contributed by atoms with Crippen molar-refractivity contribution >= 4 is 33.4 Å². The van der Waals surface area contributed by atoms with E-state index in [1.54, 1.807) is 6.92 Å². The summed E-state index contributed by atoms with van der Waals surface area (Å²) in [5, 5.41) is 0. The van der Waals surface area contributed by atoms with Crippen LogP contribution in [0.5, 0.6) is 0 Å². The first-order chi connectivity index (χ1) is 11.5. The van der Waals surface area contributed by atoms with E-state index in [2.05, 4.69) is 4.99 Å². The fraction of sp³-hybridized carbons (Fsp3) is 0.438. The number of halogens is 2. The summed E-state index contributed by atoms with van der Waals surface area (Å²) >= 11 is 0.980. The number of hydrogen-bond donors (Lipinski definition) is 0. The molecule has 1 aromatic heterocycles. The SMILES string of the molecule is CCOC(=O)Cn1c(=NC(=O)C2CCC2)sc2cc(F)cc(F)c21. The molecular weight excluding hydrogens is 338 g/mol. The van der Waals surface area contributed by atoms with Crippen LogP contribution in [-0.2, 0) is 20.9 Å². The lowest BCUT2D eigenvalue weighted by Crippen LogP contribution is -2.26. The molecule has 0 N–H and O–H groups in total. The van der Waals surface area contributed by atoms with Gasteiger partial charge in [0.25, 0.3) is 5.91 Å². The summed E-state index contributed by atoms with van der Waals surface area (Å²) < 4.78 is 34.1. The summed E-state index contributed by atoms with van der Waals surface area (Å²) in [6.45, 7) is 1.56. The number of fused-ring (bicyclic) bond motifs is 1. The van der Waals surface area contributed by atoms with E-state index in [0.29, 0.717) is 0 Å². The molecule has 1 saturated carbocycles. The van der Waals surface area contributed by atoms with Crippen molar-refractivity contribution in [1.29, 1.82) is 0 Å². The number of carbonyl (C=O) groups excluding carboxylic acids is 2. The van der Waals surface area contributed by atoms with Gasteiger partial charge in [-0.05, 0) is 25.8 Å². The zero-order chi connectivity index (χ0) is 17.3. The molecule has 0 aliphatic heterocycles. The van der Waals surface area contributed by atoms with Gasteiger partial charge in [0.15, 0.2) is 10.6 Å². The molecule has 1 heterocycles. The van der Waals surface area contributed by atoms with Crippen LogP contribution in [0.4, 0.5) is 8.78 Å². The summed E-state index contributed by atoms with van der Waals surface area (Å²) in [7, 11) is 0. The van der Waals surface area contributed by atoms with Crippen molar-refractivity contribution in [2.24, 2.45) is 10.9 Å². The maximum atomic E-state index is 14.2. The summed E-state index contributed by atoms with van der Waals surface area (Å²) in [4.78, 5) is 28.2. The van der Waals surface area contributed by atoms with E-state index in [4.69, 9.17) is 4.74 Å². The quantitative estimate of drug-likeness (QED) is 0.793. The van der Waals surface area contributed by atoms with E-state index in [-0.39, 0.29) is 40.0 Å². The average Bonchev–Trinajstić information content (AvgIpc) is 2.74. The molecule has 0 bridgehead atoms. The van der Waals surface area contributed by atoms with Crippen LogP contribution >= 0.6 is 11.3 Å². The second-order valence-corrected chi connectivity index (χ2v) is 6.60. The Bertz CT molecular complexity index is 868. The monoisotopic (exact) mass is 354 g/mol. The number of hydrogen-bond acceptors (Lipinski definition) is 4. The molecule has 1 amide bonds. The van der Waals surface area contributed by atoms with Crippen LogP contribution in [0.25, 0.3) is 10.2 Å². The fourth-order valence-electron chi connectivity index (χ4n) is 2.54. The molecule has 3 rings (SSSR count).